The molecule has 0 spiro atoms. The smallest absolute Gasteiger partial charge is 0.259 e. The van der Waals surface area contributed by atoms with Crippen molar-refractivity contribution >= 4 is 44.9 Å². The Hall–Kier alpha value is -2.36. The van der Waals surface area contributed by atoms with Gasteiger partial charge in [0.25, 0.3) is 5.56 Å². The first-order chi connectivity index (χ1) is 15.4. The molecule has 7 nitrogen and oxygen atoms in total. The van der Waals surface area contributed by atoms with Crippen LogP contribution in [-0.4, -0.2) is 24.7 Å². The Labute approximate surface area is 198 Å². The number of hydrogen-bond acceptors (Lipinski definition) is 7. The number of para-hydroxylation sites is 1. The number of thiophene rings is 1. The van der Waals surface area contributed by atoms with E-state index in [9.17, 15) is 4.79 Å². The Morgan fingerprint density at radius 3 is 2.84 bits per heavy atom. The van der Waals surface area contributed by atoms with Gasteiger partial charge in [-0.05, 0) is 51.3 Å². The standard InChI is InChI=1S/C22H22ClN5O2S2/c1-11-12(2)31-21-18(11)20(29)24-19(25-21)13(3)32-22-27-26-17(28(22)14-8-9-14)10-30-16-7-5-4-6-15(16)23/h4-7,13-14H,8-10H2,1-3H3,(H,24,25,29). The number of thioether (sulfide) groups is 1. The van der Waals surface area contributed by atoms with Gasteiger partial charge in [-0.2, -0.15) is 0 Å². The minimum atomic E-state index is -0.0890. The predicted octanol–water partition coefficient (Wildman–Crippen LogP) is 5.61. The van der Waals surface area contributed by atoms with E-state index in [0.29, 0.717) is 28.0 Å². The van der Waals surface area contributed by atoms with Gasteiger partial charge in [0.2, 0.25) is 0 Å². The fraction of sp³-hybridized carbons (Fsp3) is 0.364. The maximum absolute atomic E-state index is 12.7. The third kappa shape index (κ3) is 4.04. The van der Waals surface area contributed by atoms with E-state index in [-0.39, 0.29) is 17.4 Å². The molecule has 1 aliphatic carbocycles. The number of nitrogens with zero attached hydrogens (tertiary/aromatic N) is 4. The molecule has 1 saturated carbocycles. The van der Waals surface area contributed by atoms with Crippen LogP contribution in [0, 0.1) is 13.8 Å². The second-order valence-electron chi connectivity index (χ2n) is 7.89. The molecule has 1 unspecified atom stereocenters. The zero-order chi connectivity index (χ0) is 22.4. The molecule has 10 heteroatoms. The summed E-state index contributed by atoms with van der Waals surface area (Å²) < 4.78 is 8.05. The first-order valence-electron chi connectivity index (χ1n) is 10.4. The lowest BCUT2D eigenvalue weighted by atomic mass is 10.2. The molecule has 0 radical (unpaired) electrons. The third-order valence-electron chi connectivity index (χ3n) is 5.57. The first-order valence-corrected chi connectivity index (χ1v) is 12.5. The number of H-pyrrole nitrogens is 1. The van der Waals surface area contributed by atoms with Gasteiger partial charge in [0.15, 0.2) is 11.0 Å². The van der Waals surface area contributed by atoms with Crippen LogP contribution in [0.1, 0.15) is 53.1 Å². The molecule has 0 amide bonds. The van der Waals surface area contributed by atoms with E-state index in [1.54, 1.807) is 29.2 Å². The molecule has 0 saturated heterocycles. The largest absolute Gasteiger partial charge is 0.484 e. The van der Waals surface area contributed by atoms with Crippen LogP contribution >= 0.6 is 34.7 Å². The van der Waals surface area contributed by atoms with Crippen molar-refractivity contribution in [2.45, 2.75) is 56.7 Å². The van der Waals surface area contributed by atoms with Gasteiger partial charge in [-0.3, -0.25) is 9.36 Å². The lowest BCUT2D eigenvalue weighted by Crippen LogP contribution is -2.13. The minimum absolute atomic E-state index is 0.0863. The molecule has 3 aromatic heterocycles. The molecule has 5 rings (SSSR count). The van der Waals surface area contributed by atoms with Crippen LogP contribution in [0.15, 0.2) is 34.2 Å². The molecule has 1 N–H and O–H groups in total. The van der Waals surface area contributed by atoms with Gasteiger partial charge in [-0.15, -0.1) is 21.5 Å². The Balaban J connectivity index is 1.39. The number of hydrogen-bond donors (Lipinski definition) is 1. The Morgan fingerprint density at radius 1 is 1.31 bits per heavy atom. The average Bonchev–Trinajstić information content (AvgIpc) is 3.46. The van der Waals surface area contributed by atoms with Gasteiger partial charge in [0, 0.05) is 10.9 Å². The highest BCUT2D eigenvalue weighted by molar-refractivity contribution is 7.99. The monoisotopic (exact) mass is 487 g/mol. The average molecular weight is 488 g/mol. The van der Waals surface area contributed by atoms with E-state index in [2.05, 4.69) is 19.7 Å². The molecule has 32 heavy (non-hydrogen) atoms. The number of ether oxygens (including phenoxy) is 1. The van der Waals surface area contributed by atoms with Crippen LogP contribution in [0.3, 0.4) is 0 Å². The van der Waals surface area contributed by atoms with Gasteiger partial charge in [-0.1, -0.05) is 35.5 Å². The van der Waals surface area contributed by atoms with E-state index in [1.807, 2.05) is 39.0 Å². The second-order valence-corrected chi connectivity index (χ2v) is 10.8. The van der Waals surface area contributed by atoms with Crippen molar-refractivity contribution in [3.8, 4) is 5.75 Å². The normalized spacial score (nSPS) is 14.8. The van der Waals surface area contributed by atoms with Crippen molar-refractivity contribution < 1.29 is 4.74 Å². The van der Waals surface area contributed by atoms with Gasteiger partial charge in [0.1, 0.15) is 23.0 Å². The van der Waals surface area contributed by atoms with E-state index in [0.717, 1.165) is 39.1 Å². The van der Waals surface area contributed by atoms with Crippen LogP contribution < -0.4 is 10.3 Å². The van der Waals surface area contributed by atoms with Gasteiger partial charge >= 0.3 is 0 Å². The molecule has 1 aromatic carbocycles. The first kappa shape index (κ1) is 21.5. The highest BCUT2D eigenvalue weighted by Gasteiger charge is 2.31. The number of nitrogens with one attached hydrogen (secondary N) is 1. The summed E-state index contributed by atoms with van der Waals surface area (Å²) in [5, 5.41) is 10.8. The summed E-state index contributed by atoms with van der Waals surface area (Å²) >= 11 is 9.31. The Morgan fingerprint density at radius 2 is 2.09 bits per heavy atom. The lowest BCUT2D eigenvalue weighted by molar-refractivity contribution is 0.288. The van der Waals surface area contributed by atoms with Gasteiger partial charge < -0.3 is 9.72 Å². The van der Waals surface area contributed by atoms with E-state index >= 15 is 0 Å². The maximum atomic E-state index is 12.7. The number of aromatic amines is 1. The second kappa shape index (κ2) is 8.53. The molecule has 1 atom stereocenters. The number of fused-ring (bicyclic) bond motifs is 1. The summed E-state index contributed by atoms with van der Waals surface area (Å²) in [5.74, 6) is 2.04. The van der Waals surface area contributed by atoms with Gasteiger partial charge in [0.05, 0.1) is 15.7 Å². The Bertz CT molecular complexity index is 1360. The number of benzene rings is 1. The summed E-state index contributed by atoms with van der Waals surface area (Å²) in [6, 6.07) is 7.77. The highest BCUT2D eigenvalue weighted by Crippen LogP contribution is 2.42. The van der Waals surface area contributed by atoms with Crippen molar-refractivity contribution in [2.75, 3.05) is 0 Å². The lowest BCUT2D eigenvalue weighted by Gasteiger charge is -2.13. The SMILES string of the molecule is Cc1sc2nc(C(C)Sc3nnc(COc4ccccc4Cl)n3C3CC3)[nH]c(=O)c2c1C. The predicted molar refractivity (Wildman–Crippen MR) is 128 cm³/mol. The summed E-state index contributed by atoms with van der Waals surface area (Å²) in [6.07, 6.45) is 2.18. The van der Waals surface area contributed by atoms with Crippen LogP contribution in [-0.2, 0) is 6.61 Å². The Kier molecular flexibility index (Phi) is 5.73. The molecule has 3 heterocycles. The molecule has 1 aliphatic rings. The third-order valence-corrected chi connectivity index (χ3v) is 8.04. The van der Waals surface area contributed by atoms with E-state index < -0.39 is 0 Å². The maximum Gasteiger partial charge on any atom is 0.259 e. The summed E-state index contributed by atoms with van der Waals surface area (Å²) in [5.41, 5.74) is 0.916. The zero-order valence-corrected chi connectivity index (χ0v) is 20.3. The summed E-state index contributed by atoms with van der Waals surface area (Å²) in [6.45, 7) is 6.29. The van der Waals surface area contributed by atoms with Crippen molar-refractivity contribution in [1.82, 2.24) is 24.7 Å². The van der Waals surface area contributed by atoms with Crippen LogP contribution in [0.5, 0.6) is 5.75 Å². The van der Waals surface area contributed by atoms with Crippen molar-refractivity contribution in [1.29, 1.82) is 0 Å². The van der Waals surface area contributed by atoms with Crippen molar-refractivity contribution in [3.05, 3.63) is 61.7 Å². The van der Waals surface area contributed by atoms with Crippen LogP contribution in [0.4, 0.5) is 0 Å². The number of halogens is 1. The number of aromatic nitrogens is 5. The van der Waals surface area contributed by atoms with Crippen LogP contribution in [0.25, 0.3) is 10.2 Å². The molecular formula is C22H22ClN5O2S2. The fourth-order valence-electron chi connectivity index (χ4n) is 3.57. The summed E-state index contributed by atoms with van der Waals surface area (Å²) in [4.78, 5) is 22.3. The zero-order valence-electron chi connectivity index (χ0n) is 17.9. The van der Waals surface area contributed by atoms with Crippen molar-refractivity contribution in [2.24, 2.45) is 0 Å². The molecular weight excluding hydrogens is 466 g/mol. The molecule has 4 aromatic rings. The van der Waals surface area contributed by atoms with E-state index in [4.69, 9.17) is 21.3 Å². The molecule has 0 bridgehead atoms. The number of aryl methyl sites for hydroxylation is 2. The minimum Gasteiger partial charge on any atom is -0.484 e. The molecule has 0 aliphatic heterocycles. The molecule has 1 fully saturated rings. The van der Waals surface area contributed by atoms with Crippen molar-refractivity contribution in [3.63, 3.8) is 0 Å². The fourth-order valence-corrected chi connectivity index (χ4v) is 5.79. The highest BCUT2D eigenvalue weighted by atomic mass is 35.5. The topological polar surface area (TPSA) is 85.7 Å². The number of rotatable bonds is 7. The summed E-state index contributed by atoms with van der Waals surface area (Å²) in [7, 11) is 0. The molecule has 166 valence electrons. The quantitative estimate of drug-likeness (QED) is 0.341. The van der Waals surface area contributed by atoms with Crippen LogP contribution in [0.2, 0.25) is 5.02 Å². The van der Waals surface area contributed by atoms with Gasteiger partial charge in [-0.25, -0.2) is 4.98 Å². The van der Waals surface area contributed by atoms with E-state index in [1.165, 1.54) is 0 Å².